The SMILES string of the molecule is CN=C(NCCN(C(C)C)C(C)C)NCc1ccc(OCCCN(C)C)cc1.I. The molecule has 0 atom stereocenters. The van der Waals surface area contributed by atoms with Gasteiger partial charge in [-0.25, -0.2) is 0 Å². The Bertz CT molecular complexity index is 553. The second kappa shape index (κ2) is 15.7. The lowest BCUT2D eigenvalue weighted by atomic mass is 10.2. The molecule has 0 heterocycles. The first-order valence-corrected chi connectivity index (χ1v) is 10.4. The first kappa shape index (κ1) is 27.9. The quantitative estimate of drug-likeness (QED) is 0.192. The largest absolute Gasteiger partial charge is 0.494 e. The van der Waals surface area contributed by atoms with Crippen LogP contribution in [0.5, 0.6) is 5.75 Å². The maximum atomic E-state index is 5.78. The zero-order chi connectivity index (χ0) is 20.9. The van der Waals surface area contributed by atoms with Gasteiger partial charge in [-0.15, -0.1) is 24.0 Å². The minimum Gasteiger partial charge on any atom is -0.494 e. The fraction of sp³-hybridized carbons (Fsp3) is 0.682. The highest BCUT2D eigenvalue weighted by molar-refractivity contribution is 14.0. The Morgan fingerprint density at radius 2 is 1.62 bits per heavy atom. The molecule has 0 aliphatic heterocycles. The van der Waals surface area contributed by atoms with Crippen molar-refractivity contribution in [1.82, 2.24) is 20.4 Å². The topological polar surface area (TPSA) is 52.1 Å². The fourth-order valence-corrected chi connectivity index (χ4v) is 3.10. The van der Waals surface area contributed by atoms with Gasteiger partial charge < -0.3 is 20.3 Å². The van der Waals surface area contributed by atoms with Gasteiger partial charge in [0.2, 0.25) is 0 Å². The van der Waals surface area contributed by atoms with Crippen LogP contribution >= 0.6 is 24.0 Å². The average Bonchev–Trinajstić information content (AvgIpc) is 2.64. The molecule has 1 aromatic carbocycles. The molecule has 29 heavy (non-hydrogen) atoms. The van der Waals surface area contributed by atoms with E-state index in [1.807, 2.05) is 19.2 Å². The molecule has 7 heteroatoms. The molecule has 2 N–H and O–H groups in total. The lowest BCUT2D eigenvalue weighted by Gasteiger charge is -2.30. The molecule has 6 nitrogen and oxygen atoms in total. The summed E-state index contributed by atoms with van der Waals surface area (Å²) in [6, 6.07) is 9.35. The Hall–Kier alpha value is -1.06. The highest BCUT2D eigenvalue weighted by Gasteiger charge is 2.12. The van der Waals surface area contributed by atoms with Crippen LogP contribution in [-0.2, 0) is 6.54 Å². The predicted molar refractivity (Wildman–Crippen MR) is 136 cm³/mol. The van der Waals surface area contributed by atoms with Gasteiger partial charge in [-0.1, -0.05) is 12.1 Å². The minimum absolute atomic E-state index is 0. The van der Waals surface area contributed by atoms with Crippen molar-refractivity contribution in [3.63, 3.8) is 0 Å². The third-order valence-corrected chi connectivity index (χ3v) is 4.61. The molecule has 0 saturated carbocycles. The first-order valence-electron chi connectivity index (χ1n) is 10.4. The monoisotopic (exact) mass is 519 g/mol. The van der Waals surface area contributed by atoms with Crippen LogP contribution in [0.25, 0.3) is 0 Å². The minimum atomic E-state index is 0. The standard InChI is InChI=1S/C22H41N5O.HI/c1-18(2)27(19(3)4)15-13-24-22(23-5)25-17-20-9-11-21(12-10-20)28-16-8-14-26(6)7;/h9-12,18-19H,8,13-17H2,1-7H3,(H2,23,24,25);1H. The van der Waals surface area contributed by atoms with Gasteiger partial charge in [0.25, 0.3) is 0 Å². The van der Waals surface area contributed by atoms with Gasteiger partial charge in [-0.05, 0) is 65.9 Å². The van der Waals surface area contributed by atoms with E-state index in [1.165, 1.54) is 5.56 Å². The molecule has 1 rings (SSSR count). The molecule has 0 aliphatic rings. The van der Waals surface area contributed by atoms with Crippen molar-refractivity contribution in [3.05, 3.63) is 29.8 Å². The summed E-state index contributed by atoms with van der Waals surface area (Å²) >= 11 is 0. The first-order chi connectivity index (χ1) is 13.3. The molecule has 0 saturated heterocycles. The number of hydrogen-bond acceptors (Lipinski definition) is 4. The lowest BCUT2D eigenvalue weighted by molar-refractivity contribution is 0.178. The summed E-state index contributed by atoms with van der Waals surface area (Å²) in [5.41, 5.74) is 1.20. The molecule has 0 spiro atoms. The van der Waals surface area contributed by atoms with Crippen molar-refractivity contribution in [2.24, 2.45) is 4.99 Å². The van der Waals surface area contributed by atoms with Crippen molar-refractivity contribution in [1.29, 1.82) is 0 Å². The zero-order valence-corrected chi connectivity index (χ0v) is 21.7. The van der Waals surface area contributed by atoms with Gasteiger partial charge in [-0.2, -0.15) is 0 Å². The van der Waals surface area contributed by atoms with E-state index in [4.69, 9.17) is 4.74 Å². The molecule has 168 valence electrons. The second-order valence-corrected chi connectivity index (χ2v) is 7.93. The van der Waals surface area contributed by atoms with Crippen LogP contribution in [0.15, 0.2) is 29.3 Å². The number of benzene rings is 1. The Balaban J connectivity index is 0.00000784. The number of ether oxygens (including phenoxy) is 1. The van der Waals surface area contributed by atoms with Gasteiger partial charge in [0.1, 0.15) is 5.75 Å². The van der Waals surface area contributed by atoms with Gasteiger partial charge >= 0.3 is 0 Å². The smallest absolute Gasteiger partial charge is 0.191 e. The summed E-state index contributed by atoms with van der Waals surface area (Å²) in [4.78, 5) is 8.96. The molecule has 0 unspecified atom stereocenters. The number of nitrogens with one attached hydrogen (secondary N) is 2. The second-order valence-electron chi connectivity index (χ2n) is 7.93. The van der Waals surface area contributed by atoms with Crippen LogP contribution in [0.2, 0.25) is 0 Å². The van der Waals surface area contributed by atoms with Crippen molar-refractivity contribution < 1.29 is 4.74 Å². The third kappa shape index (κ3) is 12.3. The summed E-state index contributed by atoms with van der Waals surface area (Å²) < 4.78 is 5.78. The fourth-order valence-electron chi connectivity index (χ4n) is 3.10. The van der Waals surface area contributed by atoms with Crippen molar-refractivity contribution in [2.75, 3.05) is 47.4 Å². The van der Waals surface area contributed by atoms with E-state index < -0.39 is 0 Å². The number of halogens is 1. The van der Waals surface area contributed by atoms with E-state index in [2.05, 4.69) is 79.3 Å². The number of rotatable bonds is 12. The highest BCUT2D eigenvalue weighted by atomic mass is 127. The molecule has 0 aliphatic carbocycles. The molecule has 0 fully saturated rings. The van der Waals surface area contributed by atoms with Crippen molar-refractivity contribution in [3.8, 4) is 5.75 Å². The van der Waals surface area contributed by atoms with Gasteiger partial charge in [0.05, 0.1) is 6.61 Å². The molecule has 0 radical (unpaired) electrons. The normalized spacial score (nSPS) is 11.9. The summed E-state index contributed by atoms with van der Waals surface area (Å²) in [6.07, 6.45) is 1.03. The zero-order valence-electron chi connectivity index (χ0n) is 19.4. The number of guanidine groups is 1. The molecule has 0 amide bonds. The Morgan fingerprint density at radius 1 is 1.00 bits per heavy atom. The molecule has 0 aromatic heterocycles. The van der Waals surface area contributed by atoms with Crippen molar-refractivity contribution >= 4 is 29.9 Å². The number of hydrogen-bond donors (Lipinski definition) is 2. The van der Waals surface area contributed by atoms with Gasteiger partial charge in [0, 0.05) is 45.3 Å². The van der Waals surface area contributed by atoms with Crippen LogP contribution in [0, 0.1) is 0 Å². The molecular weight excluding hydrogens is 477 g/mol. The predicted octanol–water partition coefficient (Wildman–Crippen LogP) is 3.42. The molecule has 1 aromatic rings. The van der Waals surface area contributed by atoms with E-state index >= 15 is 0 Å². The van der Waals surface area contributed by atoms with E-state index in [0.717, 1.165) is 50.9 Å². The summed E-state index contributed by atoms with van der Waals surface area (Å²) in [6.45, 7) is 13.3. The van der Waals surface area contributed by atoms with Crippen LogP contribution in [0.3, 0.4) is 0 Å². The van der Waals surface area contributed by atoms with Crippen LogP contribution in [-0.4, -0.2) is 75.2 Å². The Kier molecular flexibility index (Phi) is 15.2. The lowest BCUT2D eigenvalue weighted by Crippen LogP contribution is -2.45. The van der Waals surface area contributed by atoms with Gasteiger partial charge in [0.15, 0.2) is 5.96 Å². The van der Waals surface area contributed by atoms with E-state index in [-0.39, 0.29) is 24.0 Å². The molecular formula is C22H42IN5O. The summed E-state index contributed by atoms with van der Waals surface area (Å²) in [5, 5.41) is 6.78. The van der Waals surface area contributed by atoms with Crippen LogP contribution < -0.4 is 15.4 Å². The van der Waals surface area contributed by atoms with Crippen LogP contribution in [0.1, 0.15) is 39.7 Å². The third-order valence-electron chi connectivity index (χ3n) is 4.61. The summed E-state index contributed by atoms with van der Waals surface area (Å²) in [7, 11) is 5.97. The van der Waals surface area contributed by atoms with E-state index in [9.17, 15) is 0 Å². The maximum Gasteiger partial charge on any atom is 0.191 e. The highest BCUT2D eigenvalue weighted by Crippen LogP contribution is 2.12. The Morgan fingerprint density at radius 3 is 2.14 bits per heavy atom. The maximum absolute atomic E-state index is 5.78. The van der Waals surface area contributed by atoms with E-state index in [1.54, 1.807) is 0 Å². The average molecular weight is 520 g/mol. The van der Waals surface area contributed by atoms with Gasteiger partial charge in [-0.3, -0.25) is 9.89 Å². The summed E-state index contributed by atoms with van der Waals surface area (Å²) in [5.74, 6) is 1.75. The van der Waals surface area contributed by atoms with E-state index in [0.29, 0.717) is 12.1 Å². The van der Waals surface area contributed by atoms with Crippen molar-refractivity contribution in [2.45, 2.75) is 52.7 Å². The van der Waals surface area contributed by atoms with Crippen LogP contribution in [0.4, 0.5) is 0 Å². The number of aliphatic imine (C=N–C) groups is 1. The molecule has 0 bridgehead atoms. The Labute approximate surface area is 195 Å². The number of nitrogens with zero attached hydrogens (tertiary/aromatic N) is 3.